The summed E-state index contributed by atoms with van der Waals surface area (Å²) in [6.07, 6.45) is 5.00. The number of rotatable bonds is 0. The van der Waals surface area contributed by atoms with E-state index in [1.165, 1.54) is 0 Å². The molecule has 2 N–H and O–H groups in total. The van der Waals surface area contributed by atoms with Crippen molar-refractivity contribution in [3.8, 4) is 0 Å². The van der Waals surface area contributed by atoms with Gasteiger partial charge in [0.15, 0.2) is 11.7 Å². The Labute approximate surface area is 92.4 Å². The number of para-hydroxylation sites is 2. The quantitative estimate of drug-likeness (QED) is 0.637. The highest BCUT2D eigenvalue weighted by molar-refractivity contribution is 6.06. The Morgan fingerprint density at radius 2 is 2.12 bits per heavy atom. The molecular formula is C12H10N2O2. The van der Waals surface area contributed by atoms with Crippen LogP contribution in [-0.4, -0.2) is 16.9 Å². The Balaban J connectivity index is 2.20. The molecule has 1 aliphatic carbocycles. The molecule has 0 fully saturated rings. The van der Waals surface area contributed by atoms with E-state index in [0.717, 1.165) is 0 Å². The molecule has 0 bridgehead atoms. The Hall–Kier alpha value is -1.91. The van der Waals surface area contributed by atoms with Crippen LogP contribution < -0.4 is 5.06 Å². The van der Waals surface area contributed by atoms with Crippen molar-refractivity contribution in [1.29, 1.82) is 0 Å². The molecule has 2 unspecified atom stereocenters. The fourth-order valence-corrected chi connectivity index (χ4v) is 2.01. The van der Waals surface area contributed by atoms with Gasteiger partial charge in [0.1, 0.15) is 17.2 Å². The van der Waals surface area contributed by atoms with Gasteiger partial charge in [-0.15, -0.1) is 0 Å². The average molecular weight is 214 g/mol. The maximum Gasteiger partial charge on any atom is 0.157 e. The standard InChI is InChI=1S/C12H10N2O2/c15-11-7-3-6-10-12(11)13-8-4-1-2-5-9(8)14(10)16/h1-7,10,14-15H. The molecule has 0 amide bonds. The number of nitrogens with one attached hydrogen (secondary N) is 1. The molecule has 0 aromatic heterocycles. The zero-order valence-corrected chi connectivity index (χ0v) is 8.42. The minimum absolute atomic E-state index is 0.00324. The minimum atomic E-state index is -0.431. The third kappa shape index (κ3) is 1.21. The molecule has 2 atom stereocenters. The molecule has 0 radical (unpaired) electrons. The van der Waals surface area contributed by atoms with Crippen LogP contribution in [0.1, 0.15) is 0 Å². The summed E-state index contributed by atoms with van der Waals surface area (Å²) in [4.78, 5) is 4.33. The van der Waals surface area contributed by atoms with Crippen molar-refractivity contribution >= 4 is 17.1 Å². The molecule has 0 spiro atoms. The summed E-state index contributed by atoms with van der Waals surface area (Å²) in [7, 11) is 0. The van der Waals surface area contributed by atoms with Crippen molar-refractivity contribution in [1.82, 2.24) is 0 Å². The van der Waals surface area contributed by atoms with Crippen LogP contribution in [0.3, 0.4) is 0 Å². The highest BCUT2D eigenvalue weighted by Gasteiger charge is 2.31. The number of allylic oxidation sites excluding steroid dienone is 2. The maximum atomic E-state index is 12.1. The second-order valence-corrected chi connectivity index (χ2v) is 3.79. The summed E-state index contributed by atoms with van der Waals surface area (Å²) >= 11 is 0. The third-order valence-corrected chi connectivity index (χ3v) is 2.81. The third-order valence-electron chi connectivity index (χ3n) is 2.81. The van der Waals surface area contributed by atoms with E-state index in [0.29, 0.717) is 17.1 Å². The second kappa shape index (κ2) is 3.30. The van der Waals surface area contributed by atoms with Crippen molar-refractivity contribution in [3.05, 3.63) is 53.5 Å². The first-order valence-corrected chi connectivity index (χ1v) is 5.07. The van der Waals surface area contributed by atoms with E-state index in [-0.39, 0.29) is 10.8 Å². The Bertz CT molecular complexity index is 532. The maximum absolute atomic E-state index is 12.1. The number of fused-ring (bicyclic) bond motifs is 2. The fraction of sp³-hybridized carbons (Fsp3) is 0.0833. The predicted octanol–water partition coefficient (Wildman–Crippen LogP) is 1.17. The molecule has 1 aromatic rings. The molecule has 0 saturated heterocycles. The first-order chi connectivity index (χ1) is 7.77. The van der Waals surface area contributed by atoms with Gasteiger partial charge >= 0.3 is 0 Å². The highest BCUT2D eigenvalue weighted by Crippen LogP contribution is 2.27. The lowest BCUT2D eigenvalue weighted by Crippen LogP contribution is -3.08. The first kappa shape index (κ1) is 9.33. The van der Waals surface area contributed by atoms with Gasteiger partial charge in [-0.1, -0.05) is 18.2 Å². The van der Waals surface area contributed by atoms with E-state index in [2.05, 4.69) is 4.99 Å². The number of aliphatic hydroxyl groups excluding tert-OH is 1. The lowest BCUT2D eigenvalue weighted by molar-refractivity contribution is -0.786. The van der Waals surface area contributed by atoms with Crippen molar-refractivity contribution in [2.75, 3.05) is 0 Å². The van der Waals surface area contributed by atoms with E-state index in [4.69, 9.17) is 0 Å². The van der Waals surface area contributed by atoms with Gasteiger partial charge in [0.25, 0.3) is 0 Å². The van der Waals surface area contributed by atoms with Gasteiger partial charge in [0, 0.05) is 6.07 Å². The first-order valence-electron chi connectivity index (χ1n) is 5.07. The summed E-state index contributed by atoms with van der Waals surface area (Å²) in [6, 6.07) is 6.76. The lowest BCUT2D eigenvalue weighted by Gasteiger charge is -2.34. The Kier molecular flexibility index (Phi) is 1.92. The second-order valence-electron chi connectivity index (χ2n) is 3.79. The molecular weight excluding hydrogens is 204 g/mol. The molecule has 1 aromatic carbocycles. The van der Waals surface area contributed by atoms with E-state index in [1.54, 1.807) is 30.4 Å². The van der Waals surface area contributed by atoms with Crippen LogP contribution in [0.4, 0.5) is 11.4 Å². The van der Waals surface area contributed by atoms with Crippen LogP contribution in [-0.2, 0) is 0 Å². The zero-order valence-electron chi connectivity index (χ0n) is 8.42. The SMILES string of the molecule is [O-][NH+]1c2ccccc2N=C2C(O)=CC=CC21. The lowest BCUT2D eigenvalue weighted by atomic mass is 10.0. The van der Waals surface area contributed by atoms with Crippen molar-refractivity contribution in [2.45, 2.75) is 6.04 Å². The smallest absolute Gasteiger partial charge is 0.157 e. The van der Waals surface area contributed by atoms with Crippen LogP contribution in [0.15, 0.2) is 53.2 Å². The normalized spacial score (nSPS) is 26.6. The molecule has 1 aliphatic heterocycles. The van der Waals surface area contributed by atoms with Crippen LogP contribution in [0.5, 0.6) is 0 Å². The largest absolute Gasteiger partial charge is 0.628 e. The number of hydrogen-bond acceptors (Lipinski definition) is 3. The monoisotopic (exact) mass is 214 g/mol. The highest BCUT2D eigenvalue weighted by atomic mass is 16.5. The Morgan fingerprint density at radius 1 is 1.31 bits per heavy atom. The number of aliphatic imine (C=N–C) groups is 1. The summed E-state index contributed by atoms with van der Waals surface area (Å²) < 4.78 is 0. The summed E-state index contributed by atoms with van der Waals surface area (Å²) in [6.45, 7) is 0. The molecule has 2 aliphatic rings. The van der Waals surface area contributed by atoms with Crippen LogP contribution >= 0.6 is 0 Å². The molecule has 4 nitrogen and oxygen atoms in total. The summed E-state index contributed by atoms with van der Waals surface area (Å²) in [5, 5.41) is 21.8. The molecule has 4 heteroatoms. The van der Waals surface area contributed by atoms with E-state index < -0.39 is 6.04 Å². The van der Waals surface area contributed by atoms with Crippen LogP contribution in [0, 0.1) is 5.21 Å². The van der Waals surface area contributed by atoms with Gasteiger partial charge in [-0.3, -0.25) is 0 Å². The molecule has 16 heavy (non-hydrogen) atoms. The summed E-state index contributed by atoms with van der Waals surface area (Å²) in [5.74, 6) is 0.0790. The van der Waals surface area contributed by atoms with Crippen molar-refractivity contribution in [2.24, 2.45) is 4.99 Å². The van der Waals surface area contributed by atoms with Crippen LogP contribution in [0.25, 0.3) is 0 Å². The van der Waals surface area contributed by atoms with Gasteiger partial charge in [-0.05, 0) is 18.2 Å². The Morgan fingerprint density at radius 3 is 3.00 bits per heavy atom. The van der Waals surface area contributed by atoms with E-state index >= 15 is 0 Å². The number of aliphatic hydroxyl groups is 1. The minimum Gasteiger partial charge on any atom is -0.628 e. The zero-order chi connectivity index (χ0) is 11.1. The number of benzene rings is 1. The van der Waals surface area contributed by atoms with Gasteiger partial charge in [-0.25, -0.2) is 4.99 Å². The summed E-state index contributed by atoms with van der Waals surface area (Å²) in [5.41, 5.74) is 1.70. The molecule has 1 heterocycles. The van der Waals surface area contributed by atoms with Gasteiger partial charge in [0.05, 0.1) is 0 Å². The average Bonchev–Trinajstić information content (AvgIpc) is 2.31. The van der Waals surface area contributed by atoms with E-state index in [1.807, 2.05) is 12.1 Å². The number of quaternary nitrogens is 1. The van der Waals surface area contributed by atoms with Crippen molar-refractivity contribution < 1.29 is 10.2 Å². The fourth-order valence-electron chi connectivity index (χ4n) is 2.01. The van der Waals surface area contributed by atoms with E-state index in [9.17, 15) is 10.3 Å². The van der Waals surface area contributed by atoms with Gasteiger partial charge < -0.3 is 15.4 Å². The van der Waals surface area contributed by atoms with Crippen molar-refractivity contribution in [3.63, 3.8) is 0 Å². The number of nitrogens with zero attached hydrogens (tertiary/aromatic N) is 1. The van der Waals surface area contributed by atoms with Gasteiger partial charge in [-0.2, -0.15) is 0 Å². The molecule has 0 saturated carbocycles. The number of hydroxylamine groups is 1. The van der Waals surface area contributed by atoms with Crippen LogP contribution in [0.2, 0.25) is 0 Å². The predicted molar refractivity (Wildman–Crippen MR) is 61.2 cm³/mol. The topological polar surface area (TPSA) is 60.1 Å². The molecule has 3 rings (SSSR count). The van der Waals surface area contributed by atoms with Gasteiger partial charge in [0.2, 0.25) is 0 Å². The number of hydrogen-bond donors (Lipinski definition) is 2. The molecule has 80 valence electrons.